The SMILES string of the molecule is COc1ccc(S(=O)(=O)N2CCN(C(C)(C)C)CC2)cc1Cl. The lowest BCUT2D eigenvalue weighted by Crippen LogP contribution is -2.54. The Morgan fingerprint density at radius 2 is 1.73 bits per heavy atom. The molecule has 0 spiro atoms. The Labute approximate surface area is 137 Å². The van der Waals surface area contributed by atoms with Crippen LogP contribution in [-0.2, 0) is 10.0 Å². The van der Waals surface area contributed by atoms with Crippen LogP contribution in [0.1, 0.15) is 20.8 Å². The maximum Gasteiger partial charge on any atom is 0.243 e. The monoisotopic (exact) mass is 346 g/mol. The van der Waals surface area contributed by atoms with Crippen LogP contribution in [0.4, 0.5) is 0 Å². The molecule has 0 amide bonds. The van der Waals surface area contributed by atoms with Gasteiger partial charge in [0.05, 0.1) is 17.0 Å². The molecule has 1 fully saturated rings. The molecule has 2 rings (SSSR count). The van der Waals surface area contributed by atoms with Gasteiger partial charge in [0.15, 0.2) is 0 Å². The summed E-state index contributed by atoms with van der Waals surface area (Å²) in [5.74, 6) is 0.471. The second-order valence-corrected chi connectivity index (χ2v) is 8.70. The number of methoxy groups -OCH3 is 1. The summed E-state index contributed by atoms with van der Waals surface area (Å²) in [7, 11) is -2.01. The molecule has 1 aliphatic heterocycles. The maximum absolute atomic E-state index is 12.7. The van der Waals surface area contributed by atoms with Crippen LogP contribution in [0, 0.1) is 0 Å². The standard InChI is InChI=1S/C15H23ClN2O3S/c1-15(2,3)17-7-9-18(10-8-17)22(19,20)12-5-6-14(21-4)13(16)11-12/h5-6,11H,7-10H2,1-4H3. The maximum atomic E-state index is 12.7. The van der Waals surface area contributed by atoms with Crippen molar-refractivity contribution >= 4 is 21.6 Å². The van der Waals surface area contributed by atoms with Gasteiger partial charge in [-0.2, -0.15) is 4.31 Å². The van der Waals surface area contributed by atoms with Crippen molar-refractivity contribution in [2.75, 3.05) is 33.3 Å². The minimum atomic E-state index is -3.51. The second kappa shape index (κ2) is 6.35. The van der Waals surface area contributed by atoms with Crippen molar-refractivity contribution in [1.82, 2.24) is 9.21 Å². The number of piperazine rings is 1. The van der Waals surface area contributed by atoms with Crippen molar-refractivity contribution in [2.45, 2.75) is 31.2 Å². The first-order valence-electron chi connectivity index (χ1n) is 7.25. The van der Waals surface area contributed by atoms with E-state index in [-0.39, 0.29) is 10.4 Å². The molecule has 0 bridgehead atoms. The van der Waals surface area contributed by atoms with Gasteiger partial charge in [-0.1, -0.05) is 11.6 Å². The number of ether oxygens (including phenoxy) is 1. The number of sulfonamides is 1. The third kappa shape index (κ3) is 3.56. The first-order chi connectivity index (χ1) is 10.2. The van der Waals surface area contributed by atoms with Gasteiger partial charge in [-0.25, -0.2) is 8.42 Å². The quantitative estimate of drug-likeness (QED) is 0.843. The molecule has 0 radical (unpaired) electrons. The predicted molar refractivity (Wildman–Crippen MR) is 88.1 cm³/mol. The van der Waals surface area contributed by atoms with Crippen molar-refractivity contribution in [2.24, 2.45) is 0 Å². The van der Waals surface area contributed by atoms with E-state index in [1.807, 2.05) is 0 Å². The van der Waals surface area contributed by atoms with E-state index in [4.69, 9.17) is 16.3 Å². The Morgan fingerprint density at radius 3 is 2.18 bits per heavy atom. The highest BCUT2D eigenvalue weighted by Crippen LogP contribution is 2.29. The zero-order valence-corrected chi connectivity index (χ0v) is 15.0. The number of hydrogen-bond acceptors (Lipinski definition) is 4. The van der Waals surface area contributed by atoms with Gasteiger partial charge in [0.1, 0.15) is 5.75 Å². The van der Waals surface area contributed by atoms with Crippen molar-refractivity contribution in [3.63, 3.8) is 0 Å². The van der Waals surface area contributed by atoms with E-state index in [0.717, 1.165) is 13.1 Å². The Kier molecular flexibility index (Phi) is 5.06. The average molecular weight is 347 g/mol. The summed E-state index contributed by atoms with van der Waals surface area (Å²) in [5.41, 5.74) is 0.0548. The lowest BCUT2D eigenvalue weighted by molar-refractivity contribution is 0.0922. The van der Waals surface area contributed by atoms with Crippen molar-refractivity contribution in [3.8, 4) is 5.75 Å². The summed E-state index contributed by atoms with van der Waals surface area (Å²) in [5, 5.41) is 0.303. The highest BCUT2D eigenvalue weighted by molar-refractivity contribution is 7.89. The fourth-order valence-electron chi connectivity index (χ4n) is 2.56. The van der Waals surface area contributed by atoms with Gasteiger partial charge in [0.25, 0.3) is 0 Å². The summed E-state index contributed by atoms with van der Waals surface area (Å²) in [6, 6.07) is 4.57. The van der Waals surface area contributed by atoms with Crippen LogP contribution in [0.2, 0.25) is 5.02 Å². The van der Waals surface area contributed by atoms with Crippen molar-refractivity contribution < 1.29 is 13.2 Å². The first kappa shape index (κ1) is 17.5. The Hall–Kier alpha value is -0.820. The number of hydrogen-bond donors (Lipinski definition) is 0. The Morgan fingerprint density at radius 1 is 1.14 bits per heavy atom. The number of benzene rings is 1. The molecule has 0 aliphatic carbocycles. The van der Waals surface area contributed by atoms with E-state index < -0.39 is 10.0 Å². The summed E-state index contributed by atoms with van der Waals surface area (Å²) in [6.45, 7) is 8.85. The number of rotatable bonds is 3. The van der Waals surface area contributed by atoms with Gasteiger partial charge >= 0.3 is 0 Å². The molecule has 0 saturated carbocycles. The fourth-order valence-corrected chi connectivity index (χ4v) is 4.33. The molecular formula is C15H23ClN2O3S. The Balaban J connectivity index is 2.17. The summed E-state index contributed by atoms with van der Waals surface area (Å²) in [6.07, 6.45) is 0. The molecule has 1 aromatic rings. The van der Waals surface area contributed by atoms with Crippen molar-refractivity contribution in [3.05, 3.63) is 23.2 Å². The molecule has 7 heteroatoms. The van der Waals surface area contributed by atoms with E-state index in [0.29, 0.717) is 23.9 Å². The normalized spacial score (nSPS) is 18.4. The lowest BCUT2D eigenvalue weighted by atomic mass is 10.1. The average Bonchev–Trinajstić information content (AvgIpc) is 2.46. The minimum absolute atomic E-state index is 0.0548. The highest BCUT2D eigenvalue weighted by atomic mass is 35.5. The van der Waals surface area contributed by atoms with E-state index in [9.17, 15) is 8.42 Å². The number of halogens is 1. The molecular weight excluding hydrogens is 324 g/mol. The van der Waals surface area contributed by atoms with Crippen LogP contribution in [-0.4, -0.2) is 56.5 Å². The molecule has 124 valence electrons. The van der Waals surface area contributed by atoms with Crippen molar-refractivity contribution in [1.29, 1.82) is 0 Å². The summed E-state index contributed by atoms with van der Waals surface area (Å²) in [4.78, 5) is 2.50. The second-order valence-electron chi connectivity index (χ2n) is 6.36. The molecule has 0 atom stereocenters. The van der Waals surface area contributed by atoms with E-state index in [1.54, 1.807) is 6.07 Å². The van der Waals surface area contributed by atoms with E-state index in [2.05, 4.69) is 25.7 Å². The van der Waals surface area contributed by atoms with Crippen LogP contribution < -0.4 is 4.74 Å². The van der Waals surface area contributed by atoms with Crippen LogP contribution in [0.15, 0.2) is 23.1 Å². The predicted octanol–water partition coefficient (Wildman–Crippen LogP) is 2.45. The molecule has 22 heavy (non-hydrogen) atoms. The molecule has 1 aromatic carbocycles. The number of nitrogens with zero attached hydrogens (tertiary/aromatic N) is 2. The van der Waals surface area contributed by atoms with Crippen LogP contribution in [0.3, 0.4) is 0 Å². The topological polar surface area (TPSA) is 49.9 Å². The first-order valence-corrected chi connectivity index (χ1v) is 9.07. The van der Waals surface area contributed by atoms with Gasteiger partial charge < -0.3 is 4.74 Å². The molecule has 0 unspecified atom stereocenters. The summed E-state index contributed by atoms with van der Waals surface area (Å²) < 4.78 is 32.0. The Bertz CT molecular complexity index is 633. The zero-order chi connectivity index (χ0) is 16.5. The van der Waals surface area contributed by atoms with Gasteiger partial charge in [-0.15, -0.1) is 0 Å². The van der Waals surface area contributed by atoms with Gasteiger partial charge in [-0.3, -0.25) is 4.90 Å². The van der Waals surface area contributed by atoms with Gasteiger partial charge in [-0.05, 0) is 39.0 Å². The third-order valence-electron chi connectivity index (χ3n) is 3.95. The van der Waals surface area contributed by atoms with Crippen LogP contribution >= 0.6 is 11.6 Å². The molecule has 0 aromatic heterocycles. The van der Waals surface area contributed by atoms with E-state index in [1.165, 1.54) is 23.5 Å². The van der Waals surface area contributed by atoms with Gasteiger partial charge in [0, 0.05) is 31.7 Å². The zero-order valence-electron chi connectivity index (χ0n) is 13.5. The smallest absolute Gasteiger partial charge is 0.243 e. The molecule has 0 N–H and O–H groups in total. The van der Waals surface area contributed by atoms with Crippen LogP contribution in [0.25, 0.3) is 0 Å². The summed E-state index contributed by atoms with van der Waals surface area (Å²) >= 11 is 6.04. The van der Waals surface area contributed by atoms with Crippen LogP contribution in [0.5, 0.6) is 5.75 Å². The lowest BCUT2D eigenvalue weighted by Gasteiger charge is -2.41. The van der Waals surface area contributed by atoms with E-state index >= 15 is 0 Å². The fraction of sp³-hybridized carbons (Fsp3) is 0.600. The molecule has 1 heterocycles. The molecule has 1 aliphatic rings. The molecule has 1 saturated heterocycles. The van der Waals surface area contributed by atoms with Gasteiger partial charge in [0.2, 0.25) is 10.0 Å². The largest absolute Gasteiger partial charge is 0.495 e. The molecule has 5 nitrogen and oxygen atoms in total. The third-order valence-corrected chi connectivity index (χ3v) is 6.14. The minimum Gasteiger partial charge on any atom is -0.495 e. The highest BCUT2D eigenvalue weighted by Gasteiger charge is 2.32.